The molecule has 1 heterocycles. The summed E-state index contributed by atoms with van der Waals surface area (Å²) < 4.78 is 5.02. The van der Waals surface area contributed by atoms with Gasteiger partial charge in [-0.05, 0) is 6.07 Å². The minimum atomic E-state index is -0.548. The molecule has 1 amide bonds. The Labute approximate surface area is 119 Å². The maximum Gasteiger partial charge on any atom is 0.273 e. The first-order chi connectivity index (χ1) is 10.1. The summed E-state index contributed by atoms with van der Waals surface area (Å²) in [6, 6.07) is 3.83. The molecular formula is C12H13N5O4. The number of amides is 1. The van der Waals surface area contributed by atoms with Crippen LogP contribution in [0.1, 0.15) is 16.2 Å². The van der Waals surface area contributed by atoms with E-state index < -0.39 is 4.92 Å². The molecule has 0 saturated carbocycles. The summed E-state index contributed by atoms with van der Waals surface area (Å²) in [4.78, 5) is 26.1. The number of aromatic amines is 1. The Kier molecular flexibility index (Phi) is 4.44. The number of ether oxygens (including phenoxy) is 1. The van der Waals surface area contributed by atoms with Crippen molar-refractivity contribution in [1.29, 1.82) is 0 Å². The van der Waals surface area contributed by atoms with Gasteiger partial charge in [-0.3, -0.25) is 20.0 Å². The molecule has 0 saturated heterocycles. The largest absolute Gasteiger partial charge is 0.496 e. The average molecular weight is 291 g/mol. The quantitative estimate of drug-likeness (QED) is 0.596. The Balaban J connectivity index is 2.02. The standard InChI is InChI=1S/C12H13N5O4/c1-21-10-6-8(17(19)20)2-3-9(10)12(18)13-5-4-11-14-7-15-16-11/h2-3,6-7H,4-5H2,1H3,(H,13,18)(H,14,15,16). The van der Waals surface area contributed by atoms with Gasteiger partial charge in [0.15, 0.2) is 0 Å². The van der Waals surface area contributed by atoms with Crippen LogP contribution in [0.2, 0.25) is 0 Å². The summed E-state index contributed by atoms with van der Waals surface area (Å²) in [5.74, 6) is 0.439. The first-order valence-corrected chi connectivity index (χ1v) is 6.06. The van der Waals surface area contributed by atoms with Gasteiger partial charge in [-0.1, -0.05) is 0 Å². The van der Waals surface area contributed by atoms with Crippen LogP contribution >= 0.6 is 0 Å². The Morgan fingerprint density at radius 3 is 2.95 bits per heavy atom. The minimum Gasteiger partial charge on any atom is -0.496 e. The number of aromatic nitrogens is 3. The van der Waals surface area contributed by atoms with E-state index in [1.54, 1.807) is 0 Å². The predicted molar refractivity (Wildman–Crippen MR) is 72.1 cm³/mol. The fraction of sp³-hybridized carbons (Fsp3) is 0.250. The van der Waals surface area contributed by atoms with Gasteiger partial charge in [-0.25, -0.2) is 4.98 Å². The van der Waals surface area contributed by atoms with Crippen LogP contribution in [0.3, 0.4) is 0 Å². The van der Waals surface area contributed by atoms with E-state index in [-0.39, 0.29) is 22.9 Å². The van der Waals surface area contributed by atoms with Crippen LogP contribution in [0.4, 0.5) is 5.69 Å². The molecule has 1 aromatic carbocycles. The second kappa shape index (κ2) is 6.46. The van der Waals surface area contributed by atoms with E-state index in [0.717, 1.165) is 0 Å². The van der Waals surface area contributed by atoms with Gasteiger partial charge < -0.3 is 10.1 Å². The number of carbonyl (C=O) groups is 1. The SMILES string of the molecule is COc1cc([N+](=O)[O-])ccc1C(=O)NCCc1ncn[nH]1. The van der Waals surface area contributed by atoms with Crippen LogP contribution in [0.15, 0.2) is 24.5 Å². The van der Waals surface area contributed by atoms with Gasteiger partial charge in [-0.2, -0.15) is 5.10 Å². The summed E-state index contributed by atoms with van der Waals surface area (Å²) in [6.07, 6.45) is 1.89. The van der Waals surface area contributed by atoms with Crippen molar-refractivity contribution < 1.29 is 14.5 Å². The average Bonchev–Trinajstić information content (AvgIpc) is 2.99. The molecule has 9 nitrogen and oxygen atoms in total. The van der Waals surface area contributed by atoms with Crippen molar-refractivity contribution in [3.05, 3.63) is 46.0 Å². The highest BCUT2D eigenvalue weighted by atomic mass is 16.6. The van der Waals surface area contributed by atoms with Gasteiger partial charge in [0, 0.05) is 19.0 Å². The van der Waals surface area contributed by atoms with Gasteiger partial charge >= 0.3 is 0 Å². The van der Waals surface area contributed by atoms with Gasteiger partial charge in [0.1, 0.15) is 17.9 Å². The van der Waals surface area contributed by atoms with Gasteiger partial charge in [0.25, 0.3) is 11.6 Å². The number of benzene rings is 1. The van der Waals surface area contributed by atoms with Crippen LogP contribution < -0.4 is 10.1 Å². The second-order valence-corrected chi connectivity index (χ2v) is 4.08. The van der Waals surface area contributed by atoms with Crippen molar-refractivity contribution in [2.75, 3.05) is 13.7 Å². The maximum atomic E-state index is 12.0. The highest BCUT2D eigenvalue weighted by Gasteiger charge is 2.16. The topological polar surface area (TPSA) is 123 Å². The minimum absolute atomic E-state index is 0.134. The number of rotatable bonds is 6. The summed E-state index contributed by atoms with van der Waals surface area (Å²) in [7, 11) is 1.35. The van der Waals surface area contributed by atoms with E-state index in [2.05, 4.69) is 20.5 Å². The number of non-ortho nitro benzene ring substituents is 1. The van der Waals surface area contributed by atoms with Crippen LogP contribution in [0.5, 0.6) is 5.75 Å². The van der Waals surface area contributed by atoms with E-state index >= 15 is 0 Å². The van der Waals surface area contributed by atoms with Gasteiger partial charge in [0.05, 0.1) is 23.7 Å². The maximum absolute atomic E-state index is 12.0. The monoisotopic (exact) mass is 291 g/mol. The molecule has 0 atom stereocenters. The number of nitrogens with one attached hydrogen (secondary N) is 2. The predicted octanol–water partition coefficient (Wildman–Crippen LogP) is 0.694. The summed E-state index contributed by atoms with van der Waals surface area (Å²) in [6.45, 7) is 0.355. The summed E-state index contributed by atoms with van der Waals surface area (Å²) >= 11 is 0. The van der Waals surface area contributed by atoms with E-state index in [9.17, 15) is 14.9 Å². The summed E-state index contributed by atoms with van der Waals surface area (Å²) in [5.41, 5.74) is 0.103. The molecule has 0 aliphatic carbocycles. The zero-order valence-electron chi connectivity index (χ0n) is 11.2. The molecule has 9 heteroatoms. The van der Waals surface area contributed by atoms with Crippen molar-refractivity contribution in [2.24, 2.45) is 0 Å². The van der Waals surface area contributed by atoms with Crippen molar-refractivity contribution in [3.8, 4) is 5.75 Å². The molecule has 0 aliphatic rings. The lowest BCUT2D eigenvalue weighted by Crippen LogP contribution is -2.26. The number of hydrogen-bond acceptors (Lipinski definition) is 6. The van der Waals surface area contributed by atoms with Crippen molar-refractivity contribution in [3.63, 3.8) is 0 Å². The Hall–Kier alpha value is -2.97. The highest BCUT2D eigenvalue weighted by Crippen LogP contribution is 2.24. The molecule has 110 valence electrons. The molecule has 0 bridgehead atoms. The Bertz CT molecular complexity index is 641. The van der Waals surface area contributed by atoms with Crippen molar-refractivity contribution in [2.45, 2.75) is 6.42 Å². The van der Waals surface area contributed by atoms with Crippen LogP contribution in [-0.4, -0.2) is 39.7 Å². The van der Waals surface area contributed by atoms with Crippen molar-refractivity contribution in [1.82, 2.24) is 20.5 Å². The van der Waals surface area contributed by atoms with E-state index in [1.807, 2.05) is 0 Å². The molecule has 1 aromatic heterocycles. The van der Waals surface area contributed by atoms with Crippen molar-refractivity contribution >= 4 is 11.6 Å². The Morgan fingerprint density at radius 2 is 2.33 bits per heavy atom. The van der Waals surface area contributed by atoms with Gasteiger partial charge in [-0.15, -0.1) is 0 Å². The molecule has 2 rings (SSSR count). The number of hydrogen-bond donors (Lipinski definition) is 2. The fourth-order valence-corrected chi connectivity index (χ4v) is 1.72. The number of nitro benzene ring substituents is 1. The van der Waals surface area contributed by atoms with E-state index in [0.29, 0.717) is 18.8 Å². The van der Waals surface area contributed by atoms with Crippen LogP contribution in [0, 0.1) is 10.1 Å². The normalized spacial score (nSPS) is 10.1. The first kappa shape index (κ1) is 14.4. The number of carbonyl (C=O) groups excluding carboxylic acids is 1. The Morgan fingerprint density at radius 1 is 1.52 bits per heavy atom. The lowest BCUT2D eigenvalue weighted by atomic mass is 10.1. The number of nitrogens with zero attached hydrogens (tertiary/aromatic N) is 3. The third-order valence-corrected chi connectivity index (χ3v) is 2.75. The lowest BCUT2D eigenvalue weighted by molar-refractivity contribution is -0.384. The molecule has 0 radical (unpaired) electrons. The number of H-pyrrole nitrogens is 1. The fourth-order valence-electron chi connectivity index (χ4n) is 1.72. The van der Waals surface area contributed by atoms with E-state index in [1.165, 1.54) is 31.6 Å². The highest BCUT2D eigenvalue weighted by molar-refractivity contribution is 5.97. The molecule has 21 heavy (non-hydrogen) atoms. The zero-order chi connectivity index (χ0) is 15.2. The molecule has 0 aliphatic heterocycles. The molecule has 2 N–H and O–H groups in total. The molecule has 0 fully saturated rings. The zero-order valence-corrected chi connectivity index (χ0v) is 11.2. The van der Waals surface area contributed by atoms with Gasteiger partial charge in [0.2, 0.25) is 0 Å². The summed E-state index contributed by atoms with van der Waals surface area (Å²) in [5, 5.41) is 19.8. The smallest absolute Gasteiger partial charge is 0.273 e. The number of nitro groups is 1. The molecule has 2 aromatic rings. The van der Waals surface area contributed by atoms with Crippen LogP contribution in [-0.2, 0) is 6.42 Å². The lowest BCUT2D eigenvalue weighted by Gasteiger charge is -2.08. The third-order valence-electron chi connectivity index (χ3n) is 2.75. The number of methoxy groups -OCH3 is 1. The second-order valence-electron chi connectivity index (χ2n) is 4.08. The van der Waals surface area contributed by atoms with E-state index in [4.69, 9.17) is 4.74 Å². The first-order valence-electron chi connectivity index (χ1n) is 6.06. The third kappa shape index (κ3) is 3.53. The van der Waals surface area contributed by atoms with Crippen LogP contribution in [0.25, 0.3) is 0 Å². The molecule has 0 unspecified atom stereocenters. The molecule has 0 spiro atoms. The molecular weight excluding hydrogens is 278 g/mol.